The molecule has 2 aromatic carbocycles. The average Bonchev–Trinajstić information content (AvgIpc) is 3.00. The van der Waals surface area contributed by atoms with Crippen LogP contribution in [0.15, 0.2) is 54.6 Å². The van der Waals surface area contributed by atoms with Gasteiger partial charge in [-0.25, -0.2) is 4.79 Å². The van der Waals surface area contributed by atoms with Crippen LogP contribution in [0.25, 0.3) is 6.08 Å². The molecule has 0 unspecified atom stereocenters. The van der Waals surface area contributed by atoms with Crippen molar-refractivity contribution in [3.05, 3.63) is 75.8 Å². The van der Waals surface area contributed by atoms with Crippen molar-refractivity contribution in [1.29, 1.82) is 0 Å². The summed E-state index contributed by atoms with van der Waals surface area (Å²) in [6.45, 7) is 1.61. The number of nitrogens with zero attached hydrogens (tertiary/aromatic N) is 2. The van der Waals surface area contributed by atoms with E-state index in [0.29, 0.717) is 5.56 Å². The highest BCUT2D eigenvalue weighted by Crippen LogP contribution is 2.31. The number of rotatable bonds is 5. The Morgan fingerprint density at radius 1 is 1.22 bits per heavy atom. The lowest BCUT2D eigenvalue weighted by molar-refractivity contribution is -0.384. The quantitative estimate of drug-likeness (QED) is 0.351. The van der Waals surface area contributed by atoms with Crippen LogP contribution in [0.5, 0.6) is 0 Å². The van der Waals surface area contributed by atoms with Crippen molar-refractivity contribution in [3.63, 3.8) is 0 Å². The Balaban J connectivity index is 1.56. The van der Waals surface area contributed by atoms with E-state index in [1.54, 1.807) is 4.90 Å². The van der Waals surface area contributed by atoms with Gasteiger partial charge in [0.25, 0.3) is 11.6 Å². The predicted octanol–water partition coefficient (Wildman–Crippen LogP) is 3.13. The third-order valence-electron chi connectivity index (χ3n) is 4.33. The fourth-order valence-electron chi connectivity index (χ4n) is 3.07. The second-order valence-electron chi connectivity index (χ2n) is 6.24. The molecule has 7 heteroatoms. The zero-order chi connectivity index (χ0) is 19.4. The zero-order valence-corrected chi connectivity index (χ0v) is 14.7. The number of carbonyl (C=O) groups excluding carboxylic acids is 2. The molecule has 7 nitrogen and oxygen atoms in total. The Hall–Kier alpha value is -3.48. The number of carbonyl (C=O) groups is 2. The molecule has 1 amide bonds. The van der Waals surface area contributed by atoms with Crippen LogP contribution < -0.4 is 4.90 Å². The van der Waals surface area contributed by atoms with E-state index >= 15 is 0 Å². The van der Waals surface area contributed by atoms with Gasteiger partial charge in [0.05, 0.1) is 4.92 Å². The van der Waals surface area contributed by atoms with Crippen molar-refractivity contribution in [1.82, 2.24) is 0 Å². The lowest BCUT2D eigenvalue weighted by atomic mass is 10.1. The Morgan fingerprint density at radius 3 is 2.63 bits per heavy atom. The summed E-state index contributed by atoms with van der Waals surface area (Å²) in [5.74, 6) is -0.925. The summed E-state index contributed by atoms with van der Waals surface area (Å²) in [5.41, 5.74) is 2.54. The Kier molecular flexibility index (Phi) is 5.30. The summed E-state index contributed by atoms with van der Waals surface area (Å²) in [6.07, 6.45) is 3.44. The normalized spacial score (nSPS) is 15.6. The molecule has 1 aliphatic heterocycles. The Labute approximate surface area is 156 Å². The van der Waals surface area contributed by atoms with Gasteiger partial charge in [-0.15, -0.1) is 0 Å². The lowest BCUT2D eigenvalue weighted by Crippen LogP contribution is -2.38. The lowest BCUT2D eigenvalue weighted by Gasteiger charge is -2.22. The fourth-order valence-corrected chi connectivity index (χ4v) is 3.07. The van der Waals surface area contributed by atoms with Gasteiger partial charge in [0, 0.05) is 29.9 Å². The van der Waals surface area contributed by atoms with Gasteiger partial charge in [-0.2, -0.15) is 0 Å². The number of anilines is 1. The summed E-state index contributed by atoms with van der Waals surface area (Å²) in [5, 5.41) is 10.6. The molecule has 138 valence electrons. The number of benzene rings is 2. The molecule has 0 aromatic heterocycles. The first-order valence-corrected chi connectivity index (χ1v) is 8.45. The maximum absolute atomic E-state index is 12.5. The van der Waals surface area contributed by atoms with Crippen LogP contribution in [0.3, 0.4) is 0 Å². The molecule has 0 bridgehead atoms. The molecular formula is C20H18N2O5. The van der Waals surface area contributed by atoms with E-state index in [9.17, 15) is 19.7 Å². The standard InChI is InChI=1S/C20H18N2O5/c1-14-12-16-4-2-3-5-18(16)21(14)19(23)13-27-20(24)11-8-15-6-9-17(10-7-15)22(25)26/h2-11,14H,12-13H2,1H3/b11-8+/t14-/m0/s1. The maximum Gasteiger partial charge on any atom is 0.331 e. The fraction of sp³-hybridized carbons (Fsp3) is 0.200. The highest BCUT2D eigenvalue weighted by atomic mass is 16.6. The van der Waals surface area contributed by atoms with Crippen molar-refractivity contribution < 1.29 is 19.2 Å². The van der Waals surface area contributed by atoms with Crippen LogP contribution in [0.4, 0.5) is 11.4 Å². The Morgan fingerprint density at radius 2 is 1.93 bits per heavy atom. The van der Waals surface area contributed by atoms with E-state index < -0.39 is 10.9 Å². The van der Waals surface area contributed by atoms with Gasteiger partial charge in [-0.05, 0) is 48.7 Å². The SMILES string of the molecule is C[C@H]1Cc2ccccc2N1C(=O)COC(=O)/C=C/c1ccc([N+](=O)[O-])cc1. The molecule has 0 radical (unpaired) electrons. The second kappa shape index (κ2) is 7.82. The smallest absolute Gasteiger partial charge is 0.331 e. The molecular weight excluding hydrogens is 348 g/mol. The van der Waals surface area contributed by atoms with Gasteiger partial charge in [0.1, 0.15) is 0 Å². The van der Waals surface area contributed by atoms with Crippen molar-refractivity contribution in [2.45, 2.75) is 19.4 Å². The largest absolute Gasteiger partial charge is 0.452 e. The van der Waals surface area contributed by atoms with E-state index in [-0.39, 0.29) is 24.2 Å². The molecule has 1 aliphatic rings. The zero-order valence-electron chi connectivity index (χ0n) is 14.7. The third-order valence-corrected chi connectivity index (χ3v) is 4.33. The molecule has 0 fully saturated rings. The van der Waals surface area contributed by atoms with Crippen LogP contribution in [-0.2, 0) is 20.7 Å². The van der Waals surface area contributed by atoms with E-state index in [2.05, 4.69) is 0 Å². The Bertz CT molecular complexity index is 905. The van der Waals surface area contributed by atoms with Crippen LogP contribution in [0.2, 0.25) is 0 Å². The van der Waals surface area contributed by atoms with Gasteiger partial charge < -0.3 is 9.64 Å². The third kappa shape index (κ3) is 4.20. The first-order valence-electron chi connectivity index (χ1n) is 8.45. The first-order chi connectivity index (χ1) is 13.0. The van der Waals surface area contributed by atoms with Crippen LogP contribution >= 0.6 is 0 Å². The molecule has 0 N–H and O–H groups in total. The molecule has 0 saturated carbocycles. The second-order valence-corrected chi connectivity index (χ2v) is 6.24. The number of esters is 1. The van der Waals surface area contributed by atoms with E-state index in [1.165, 1.54) is 36.4 Å². The molecule has 0 saturated heterocycles. The number of nitro benzene ring substituents is 1. The highest BCUT2D eigenvalue weighted by Gasteiger charge is 2.30. The number of hydrogen-bond donors (Lipinski definition) is 0. The van der Waals surface area contributed by atoms with E-state index in [4.69, 9.17) is 4.74 Å². The summed E-state index contributed by atoms with van der Waals surface area (Å²) < 4.78 is 5.04. The van der Waals surface area contributed by atoms with Crippen molar-refractivity contribution in [2.24, 2.45) is 0 Å². The molecule has 27 heavy (non-hydrogen) atoms. The molecule has 1 heterocycles. The van der Waals surface area contributed by atoms with Crippen LogP contribution in [0, 0.1) is 10.1 Å². The number of non-ortho nitro benzene ring substituents is 1. The molecule has 0 aliphatic carbocycles. The maximum atomic E-state index is 12.5. The predicted molar refractivity (Wildman–Crippen MR) is 100 cm³/mol. The number of nitro groups is 1. The number of para-hydroxylation sites is 1. The minimum Gasteiger partial charge on any atom is -0.452 e. The van der Waals surface area contributed by atoms with Crippen LogP contribution in [0.1, 0.15) is 18.1 Å². The topological polar surface area (TPSA) is 89.8 Å². The van der Waals surface area contributed by atoms with Crippen LogP contribution in [-0.4, -0.2) is 29.4 Å². The van der Waals surface area contributed by atoms with Gasteiger partial charge in [0.15, 0.2) is 6.61 Å². The number of hydrogen-bond acceptors (Lipinski definition) is 5. The molecule has 0 spiro atoms. The van der Waals surface area contributed by atoms with Crippen molar-refractivity contribution in [3.8, 4) is 0 Å². The first kappa shape index (κ1) is 18.3. The number of fused-ring (bicyclic) bond motifs is 1. The summed E-state index contributed by atoms with van der Waals surface area (Å²) in [7, 11) is 0. The molecule has 3 rings (SSSR count). The number of amides is 1. The number of ether oxygens (including phenoxy) is 1. The van der Waals surface area contributed by atoms with Gasteiger partial charge in [-0.1, -0.05) is 18.2 Å². The van der Waals surface area contributed by atoms with Crippen molar-refractivity contribution in [2.75, 3.05) is 11.5 Å². The van der Waals surface area contributed by atoms with E-state index in [0.717, 1.165) is 17.7 Å². The summed E-state index contributed by atoms with van der Waals surface area (Å²) in [6, 6.07) is 13.4. The summed E-state index contributed by atoms with van der Waals surface area (Å²) in [4.78, 5) is 36.1. The van der Waals surface area contributed by atoms with E-state index in [1.807, 2.05) is 31.2 Å². The minimum atomic E-state index is -0.651. The minimum absolute atomic E-state index is 0.0178. The highest BCUT2D eigenvalue weighted by molar-refractivity contribution is 5.98. The molecule has 1 atom stereocenters. The average molecular weight is 366 g/mol. The molecule has 2 aromatic rings. The van der Waals surface area contributed by atoms with Crippen molar-refractivity contribution >= 4 is 29.3 Å². The monoisotopic (exact) mass is 366 g/mol. The van der Waals surface area contributed by atoms with Gasteiger partial charge in [0.2, 0.25) is 0 Å². The van der Waals surface area contributed by atoms with Gasteiger partial charge in [-0.3, -0.25) is 14.9 Å². The summed E-state index contributed by atoms with van der Waals surface area (Å²) >= 11 is 0. The van der Waals surface area contributed by atoms with Gasteiger partial charge >= 0.3 is 5.97 Å².